The van der Waals surface area contributed by atoms with Crippen molar-refractivity contribution in [1.82, 2.24) is 0 Å². The quantitative estimate of drug-likeness (QED) is 0.510. The van der Waals surface area contributed by atoms with Gasteiger partial charge < -0.3 is 4.74 Å². The van der Waals surface area contributed by atoms with Crippen LogP contribution in [0.25, 0.3) is 0 Å². The highest BCUT2D eigenvalue weighted by Gasteiger charge is 2.20. The lowest BCUT2D eigenvalue weighted by molar-refractivity contribution is 0.136. The van der Waals surface area contributed by atoms with Crippen molar-refractivity contribution in [3.05, 3.63) is 0 Å². The predicted octanol–water partition coefficient (Wildman–Crippen LogP) is 1.60. The minimum atomic E-state index is 0.648. The second-order valence-corrected chi connectivity index (χ2v) is 2.84. The Morgan fingerprint density at radius 3 is 2.71 bits per heavy atom. The van der Waals surface area contributed by atoms with Crippen molar-refractivity contribution in [1.29, 1.82) is 0 Å². The van der Waals surface area contributed by atoms with Crippen molar-refractivity contribution in [3.8, 4) is 0 Å². The summed E-state index contributed by atoms with van der Waals surface area (Å²) in [5.74, 6) is 0. The Morgan fingerprint density at radius 2 is 2.29 bits per heavy atom. The van der Waals surface area contributed by atoms with Crippen molar-refractivity contribution in [2.75, 3.05) is 11.0 Å². The fourth-order valence-corrected chi connectivity index (χ4v) is 0.700. The number of rotatable bonds is 3. The van der Waals surface area contributed by atoms with Crippen LogP contribution >= 0.6 is 22.6 Å². The summed E-state index contributed by atoms with van der Waals surface area (Å²) in [4.78, 5) is 0. The number of halogens is 1. The Balaban J connectivity index is 1.80. The van der Waals surface area contributed by atoms with Gasteiger partial charge in [0.05, 0.1) is 12.7 Å². The molecule has 1 rings (SSSR count). The van der Waals surface area contributed by atoms with E-state index in [2.05, 4.69) is 22.6 Å². The summed E-state index contributed by atoms with van der Waals surface area (Å²) in [5, 5.41) is 0. The summed E-state index contributed by atoms with van der Waals surface area (Å²) in [6.07, 6.45) is 3.25. The maximum Gasteiger partial charge on any atom is 0.0577 e. The normalized spacial score (nSPS) is 20.1. The van der Waals surface area contributed by atoms with Gasteiger partial charge in [0, 0.05) is 4.43 Å². The monoisotopic (exact) mass is 212 g/mol. The van der Waals surface area contributed by atoms with E-state index in [1.807, 2.05) is 0 Å². The zero-order chi connectivity index (χ0) is 5.11. The third-order valence-electron chi connectivity index (χ3n) is 0.955. The Bertz CT molecular complexity index is 52.0. The summed E-state index contributed by atoms with van der Waals surface area (Å²) < 4.78 is 6.43. The SMILES string of the molecule is ICCOC1CC1. The lowest BCUT2D eigenvalue weighted by Gasteiger charge is -1.93. The van der Waals surface area contributed by atoms with E-state index in [0.717, 1.165) is 11.0 Å². The highest BCUT2D eigenvalue weighted by molar-refractivity contribution is 14.1. The first-order chi connectivity index (χ1) is 3.43. The first-order valence-electron chi connectivity index (χ1n) is 2.61. The minimum absolute atomic E-state index is 0.648. The van der Waals surface area contributed by atoms with Gasteiger partial charge in [0.2, 0.25) is 0 Å². The second-order valence-electron chi connectivity index (χ2n) is 1.76. The molecule has 0 heterocycles. The standard InChI is InChI=1S/C5H9IO/c6-3-4-7-5-1-2-5/h5H,1-4H2. The van der Waals surface area contributed by atoms with E-state index in [1.54, 1.807) is 0 Å². The van der Waals surface area contributed by atoms with Crippen molar-refractivity contribution < 1.29 is 4.74 Å². The molecule has 0 aliphatic heterocycles. The third-order valence-corrected chi connectivity index (χ3v) is 1.40. The Morgan fingerprint density at radius 1 is 1.57 bits per heavy atom. The first-order valence-corrected chi connectivity index (χ1v) is 4.13. The van der Waals surface area contributed by atoms with Gasteiger partial charge >= 0.3 is 0 Å². The first kappa shape index (κ1) is 5.82. The zero-order valence-corrected chi connectivity index (χ0v) is 6.35. The van der Waals surface area contributed by atoms with Crippen LogP contribution in [-0.4, -0.2) is 17.1 Å². The molecule has 42 valence electrons. The third kappa shape index (κ3) is 2.49. The van der Waals surface area contributed by atoms with Crippen LogP contribution in [0, 0.1) is 0 Å². The molecule has 0 amide bonds. The van der Waals surface area contributed by atoms with Crippen molar-refractivity contribution in [2.45, 2.75) is 18.9 Å². The molecule has 1 aliphatic carbocycles. The average molecular weight is 212 g/mol. The molecule has 1 saturated carbocycles. The van der Waals surface area contributed by atoms with Gasteiger partial charge in [-0.2, -0.15) is 0 Å². The molecule has 0 aromatic heterocycles. The van der Waals surface area contributed by atoms with E-state index in [9.17, 15) is 0 Å². The summed E-state index contributed by atoms with van der Waals surface area (Å²) >= 11 is 2.32. The molecule has 0 saturated heterocycles. The van der Waals surface area contributed by atoms with Gasteiger partial charge in [-0.05, 0) is 12.8 Å². The molecule has 0 N–H and O–H groups in total. The summed E-state index contributed by atoms with van der Waals surface area (Å²) in [6.45, 7) is 0.950. The van der Waals surface area contributed by atoms with Gasteiger partial charge in [-0.15, -0.1) is 0 Å². The molecule has 0 spiro atoms. The van der Waals surface area contributed by atoms with Crippen LogP contribution in [0.4, 0.5) is 0 Å². The Kier molecular flexibility index (Phi) is 2.38. The van der Waals surface area contributed by atoms with Crippen molar-refractivity contribution in [3.63, 3.8) is 0 Å². The van der Waals surface area contributed by atoms with Crippen LogP contribution < -0.4 is 0 Å². The molecule has 0 radical (unpaired) electrons. The lowest BCUT2D eigenvalue weighted by Crippen LogP contribution is -1.95. The summed E-state index contributed by atoms with van der Waals surface area (Å²) in [5.41, 5.74) is 0. The van der Waals surface area contributed by atoms with E-state index < -0.39 is 0 Å². The fraction of sp³-hybridized carbons (Fsp3) is 1.00. The highest BCUT2D eigenvalue weighted by Crippen LogP contribution is 2.22. The van der Waals surface area contributed by atoms with Crippen LogP contribution in [0.5, 0.6) is 0 Å². The van der Waals surface area contributed by atoms with E-state index >= 15 is 0 Å². The molecular weight excluding hydrogens is 203 g/mol. The molecule has 0 aromatic carbocycles. The molecule has 1 fully saturated rings. The van der Waals surface area contributed by atoms with Crippen LogP contribution in [0.3, 0.4) is 0 Å². The molecule has 0 bridgehead atoms. The Labute approximate surface area is 57.6 Å². The van der Waals surface area contributed by atoms with Gasteiger partial charge in [0.25, 0.3) is 0 Å². The molecule has 1 nitrogen and oxygen atoms in total. The average Bonchev–Trinajstić information content (AvgIpc) is 2.42. The van der Waals surface area contributed by atoms with Crippen LogP contribution in [0.1, 0.15) is 12.8 Å². The number of hydrogen-bond donors (Lipinski definition) is 0. The topological polar surface area (TPSA) is 9.23 Å². The zero-order valence-electron chi connectivity index (χ0n) is 4.19. The van der Waals surface area contributed by atoms with Gasteiger partial charge in [-0.1, -0.05) is 22.6 Å². The van der Waals surface area contributed by atoms with Gasteiger partial charge in [-0.3, -0.25) is 0 Å². The van der Waals surface area contributed by atoms with E-state index in [0.29, 0.717) is 6.10 Å². The van der Waals surface area contributed by atoms with E-state index in [4.69, 9.17) is 4.74 Å². The molecule has 2 heteroatoms. The van der Waals surface area contributed by atoms with E-state index in [-0.39, 0.29) is 0 Å². The van der Waals surface area contributed by atoms with E-state index in [1.165, 1.54) is 12.8 Å². The minimum Gasteiger partial charge on any atom is -0.377 e. The molecule has 0 unspecified atom stereocenters. The maximum absolute atomic E-state index is 5.29. The predicted molar refractivity (Wildman–Crippen MR) is 37.9 cm³/mol. The molecule has 0 atom stereocenters. The highest BCUT2D eigenvalue weighted by atomic mass is 127. The Hall–Kier alpha value is 0.690. The van der Waals surface area contributed by atoms with Gasteiger partial charge in [-0.25, -0.2) is 0 Å². The van der Waals surface area contributed by atoms with Crippen LogP contribution in [0.2, 0.25) is 0 Å². The van der Waals surface area contributed by atoms with Crippen molar-refractivity contribution >= 4 is 22.6 Å². The van der Waals surface area contributed by atoms with Crippen LogP contribution in [0.15, 0.2) is 0 Å². The number of hydrogen-bond acceptors (Lipinski definition) is 1. The summed E-state index contributed by atoms with van der Waals surface area (Å²) in [7, 11) is 0. The molecule has 1 aliphatic rings. The largest absolute Gasteiger partial charge is 0.377 e. The van der Waals surface area contributed by atoms with Crippen molar-refractivity contribution in [2.24, 2.45) is 0 Å². The number of ether oxygens (including phenoxy) is 1. The molecule has 7 heavy (non-hydrogen) atoms. The fourth-order valence-electron chi connectivity index (χ4n) is 0.446. The molecule has 0 aromatic rings. The smallest absolute Gasteiger partial charge is 0.0577 e. The second kappa shape index (κ2) is 2.87. The maximum atomic E-state index is 5.29. The molecular formula is C5H9IO. The summed E-state index contributed by atoms with van der Waals surface area (Å²) in [6, 6.07) is 0. The van der Waals surface area contributed by atoms with Crippen LogP contribution in [-0.2, 0) is 4.74 Å². The number of alkyl halides is 1. The van der Waals surface area contributed by atoms with Gasteiger partial charge in [0.1, 0.15) is 0 Å². The van der Waals surface area contributed by atoms with Gasteiger partial charge in [0.15, 0.2) is 0 Å². The lowest BCUT2D eigenvalue weighted by atomic mass is 10.8.